The molecule has 1 N–H and O–H groups in total. The van der Waals surface area contributed by atoms with E-state index < -0.39 is 10.1 Å². The van der Waals surface area contributed by atoms with Crippen molar-refractivity contribution in [2.24, 2.45) is 0 Å². The van der Waals surface area contributed by atoms with Gasteiger partial charge < -0.3 is 4.90 Å². The zero-order valence-corrected chi connectivity index (χ0v) is 17.8. The van der Waals surface area contributed by atoms with E-state index in [4.69, 9.17) is 16.8 Å². The third-order valence-electron chi connectivity index (χ3n) is 3.99. The maximum Gasteiger partial charge on any atom is 0.266 e. The van der Waals surface area contributed by atoms with Crippen LogP contribution in [0.3, 0.4) is 0 Å². The van der Waals surface area contributed by atoms with Crippen molar-refractivity contribution in [2.75, 3.05) is 23.7 Å². The highest BCUT2D eigenvalue weighted by Gasteiger charge is 2.31. The minimum absolute atomic E-state index is 0.0946. The Kier molecular flexibility index (Phi) is 6.32. The number of amides is 1. The quantitative estimate of drug-likeness (QED) is 0.408. The van der Waals surface area contributed by atoms with Crippen LogP contribution >= 0.6 is 35.7 Å². The van der Waals surface area contributed by atoms with Gasteiger partial charge in [-0.25, -0.2) is 0 Å². The Balaban J connectivity index is 1.83. The highest BCUT2D eigenvalue weighted by atomic mass is 32.2. The summed E-state index contributed by atoms with van der Waals surface area (Å²) in [5.74, 6) is -0.388. The average Bonchev–Trinajstić information content (AvgIpc) is 3.09. The maximum atomic E-state index is 12.3. The van der Waals surface area contributed by atoms with Crippen molar-refractivity contribution in [3.8, 4) is 0 Å². The first-order valence-electron chi connectivity index (χ1n) is 8.25. The van der Waals surface area contributed by atoms with Crippen LogP contribution < -0.4 is 4.90 Å². The van der Waals surface area contributed by atoms with E-state index in [0.717, 1.165) is 15.6 Å². The molecule has 1 amide bonds. The summed E-state index contributed by atoms with van der Waals surface area (Å²) >= 11 is 8.06. The van der Waals surface area contributed by atoms with Crippen LogP contribution in [0.1, 0.15) is 13.3 Å². The van der Waals surface area contributed by atoms with E-state index in [-0.39, 0.29) is 11.7 Å². The van der Waals surface area contributed by atoms with E-state index >= 15 is 0 Å². The molecule has 3 rings (SSSR count). The van der Waals surface area contributed by atoms with Crippen molar-refractivity contribution < 1.29 is 17.8 Å². The molecule has 1 aromatic carbocycles. The van der Waals surface area contributed by atoms with E-state index in [0.29, 0.717) is 28.7 Å². The smallest absolute Gasteiger partial charge is 0.266 e. The number of nitrogens with zero attached hydrogens (tertiary/aromatic N) is 2. The number of anilines is 1. The number of rotatable bonds is 6. The second kappa shape index (κ2) is 8.36. The van der Waals surface area contributed by atoms with Crippen molar-refractivity contribution in [1.29, 1.82) is 0 Å². The Bertz CT molecular complexity index is 940. The molecule has 144 valence electrons. The fraction of sp³-hybridized carbons (Fsp3) is 0.294. The Hall–Kier alpha value is -1.33. The number of allylic oxidation sites excluding steroid dienone is 2. The Morgan fingerprint density at radius 1 is 1.19 bits per heavy atom. The van der Waals surface area contributed by atoms with Crippen molar-refractivity contribution in [3.63, 3.8) is 0 Å². The number of thiocarbonyl (C=S) groups is 1. The fourth-order valence-electron chi connectivity index (χ4n) is 2.75. The molecular formula is C17H18N2O4S4. The number of para-hydroxylation sites is 1. The number of thioether (sulfide) groups is 2. The fourth-order valence-corrected chi connectivity index (χ4v) is 5.66. The summed E-state index contributed by atoms with van der Waals surface area (Å²) in [5, 5.41) is 0.897. The lowest BCUT2D eigenvalue weighted by Gasteiger charge is -2.19. The van der Waals surface area contributed by atoms with Gasteiger partial charge in [-0.2, -0.15) is 8.42 Å². The minimum atomic E-state index is -3.99. The zero-order valence-electron chi connectivity index (χ0n) is 14.5. The lowest BCUT2D eigenvalue weighted by Crippen LogP contribution is -2.27. The summed E-state index contributed by atoms with van der Waals surface area (Å²) in [6, 6.07) is 7.82. The molecule has 1 fully saturated rings. The van der Waals surface area contributed by atoms with E-state index in [9.17, 15) is 13.2 Å². The lowest BCUT2D eigenvalue weighted by molar-refractivity contribution is -0.122. The van der Waals surface area contributed by atoms with Crippen LogP contribution in [0, 0.1) is 0 Å². The highest BCUT2D eigenvalue weighted by Crippen LogP contribution is 2.46. The van der Waals surface area contributed by atoms with Gasteiger partial charge in [-0.1, -0.05) is 47.9 Å². The SMILES string of the molecule is CCN1C(=O)C(=CC=C2Sc3ccccc3N2CCCS(=O)(=O)O)SC1=S. The summed E-state index contributed by atoms with van der Waals surface area (Å²) in [6.45, 7) is 2.87. The van der Waals surface area contributed by atoms with Gasteiger partial charge in [-0.3, -0.25) is 14.2 Å². The highest BCUT2D eigenvalue weighted by molar-refractivity contribution is 8.26. The van der Waals surface area contributed by atoms with Crippen LogP contribution in [-0.4, -0.2) is 46.9 Å². The molecule has 0 bridgehead atoms. The van der Waals surface area contributed by atoms with Gasteiger partial charge in [-0.15, -0.1) is 0 Å². The third-order valence-corrected chi connectivity index (χ3v) is 7.32. The Morgan fingerprint density at radius 2 is 1.93 bits per heavy atom. The van der Waals surface area contributed by atoms with E-state index in [2.05, 4.69) is 0 Å². The lowest BCUT2D eigenvalue weighted by atomic mass is 10.3. The van der Waals surface area contributed by atoms with E-state index in [1.807, 2.05) is 42.2 Å². The first-order valence-corrected chi connectivity index (χ1v) is 11.9. The first-order chi connectivity index (χ1) is 12.8. The average molecular weight is 443 g/mol. The minimum Gasteiger partial charge on any atom is -0.335 e. The summed E-state index contributed by atoms with van der Waals surface area (Å²) in [7, 11) is -3.99. The monoisotopic (exact) mass is 442 g/mol. The van der Waals surface area contributed by atoms with Crippen molar-refractivity contribution in [2.45, 2.75) is 18.2 Å². The summed E-state index contributed by atoms with van der Waals surface area (Å²) in [6.07, 6.45) is 3.92. The summed E-state index contributed by atoms with van der Waals surface area (Å²) in [5.41, 5.74) is 0.985. The van der Waals surface area contributed by atoms with E-state index in [1.165, 1.54) is 11.8 Å². The molecule has 0 spiro atoms. The Labute approximate surface area is 172 Å². The largest absolute Gasteiger partial charge is 0.335 e. The number of hydrogen-bond donors (Lipinski definition) is 1. The van der Waals surface area contributed by atoms with Crippen molar-refractivity contribution >= 4 is 61.8 Å². The number of carbonyl (C=O) groups is 1. The van der Waals surface area contributed by atoms with Crippen LogP contribution in [0.4, 0.5) is 5.69 Å². The standard InChI is InChI=1S/C17H18N2O4S4/c1-2-18-16(20)14(26-17(18)24)8-9-15-19(10-5-11-27(21,22)23)12-6-3-4-7-13(12)25-15/h3-4,6-9H,2,5,10-11H2,1H3,(H,21,22,23). The Morgan fingerprint density at radius 3 is 2.59 bits per heavy atom. The van der Waals surface area contributed by atoms with Crippen molar-refractivity contribution in [1.82, 2.24) is 4.90 Å². The van der Waals surface area contributed by atoms with Crippen LogP contribution in [0.2, 0.25) is 0 Å². The molecule has 0 saturated carbocycles. The number of carbonyl (C=O) groups excluding carboxylic acids is 1. The van der Waals surface area contributed by atoms with Crippen molar-refractivity contribution in [3.05, 3.63) is 46.4 Å². The molecule has 0 aliphatic carbocycles. The maximum absolute atomic E-state index is 12.3. The summed E-state index contributed by atoms with van der Waals surface area (Å²) in [4.78, 5) is 17.5. The molecule has 0 atom stereocenters. The van der Waals surface area contributed by atoms with Gasteiger partial charge in [0.05, 0.1) is 21.4 Å². The third kappa shape index (κ3) is 4.75. The second-order valence-corrected chi connectivity index (χ2v) is 10.1. The predicted octanol–water partition coefficient (Wildman–Crippen LogP) is 3.48. The molecule has 1 aromatic rings. The molecule has 2 aliphatic heterocycles. The molecular weight excluding hydrogens is 424 g/mol. The van der Waals surface area contributed by atoms with Gasteiger partial charge in [0.1, 0.15) is 4.32 Å². The number of hydrogen-bond acceptors (Lipinski definition) is 7. The summed E-state index contributed by atoms with van der Waals surface area (Å²) < 4.78 is 31.5. The van der Waals surface area contributed by atoms with Gasteiger partial charge in [0.2, 0.25) is 0 Å². The van der Waals surface area contributed by atoms with Gasteiger partial charge in [0.15, 0.2) is 0 Å². The van der Waals surface area contributed by atoms with E-state index in [1.54, 1.807) is 22.7 Å². The molecule has 1 saturated heterocycles. The molecule has 0 unspecified atom stereocenters. The molecule has 0 aromatic heterocycles. The van der Waals surface area contributed by atoms with Crippen LogP contribution in [0.15, 0.2) is 51.2 Å². The molecule has 6 nitrogen and oxygen atoms in total. The van der Waals surface area contributed by atoms with Gasteiger partial charge in [-0.05, 0) is 37.6 Å². The predicted molar refractivity (Wildman–Crippen MR) is 114 cm³/mol. The van der Waals surface area contributed by atoms with Gasteiger partial charge >= 0.3 is 0 Å². The normalized spacial score (nSPS) is 20.2. The number of fused-ring (bicyclic) bond motifs is 1. The van der Waals surface area contributed by atoms with Crippen LogP contribution in [-0.2, 0) is 14.9 Å². The molecule has 2 heterocycles. The second-order valence-electron chi connectivity index (χ2n) is 5.81. The topological polar surface area (TPSA) is 77.9 Å². The van der Waals surface area contributed by atoms with Gasteiger partial charge in [0, 0.05) is 18.0 Å². The van der Waals surface area contributed by atoms with Crippen LogP contribution in [0.25, 0.3) is 0 Å². The molecule has 27 heavy (non-hydrogen) atoms. The van der Waals surface area contributed by atoms with Crippen LogP contribution in [0.5, 0.6) is 0 Å². The molecule has 0 radical (unpaired) electrons. The number of benzene rings is 1. The molecule has 2 aliphatic rings. The molecule has 10 heteroatoms. The zero-order chi connectivity index (χ0) is 19.6. The number of likely N-dealkylation sites (N-methyl/N-ethyl adjacent to an activating group) is 1. The van der Waals surface area contributed by atoms with Gasteiger partial charge in [0.25, 0.3) is 16.0 Å². The first kappa shape index (κ1) is 20.4.